The molecule has 0 saturated heterocycles. The van der Waals surface area contributed by atoms with E-state index < -0.39 is 0 Å². The van der Waals surface area contributed by atoms with Crippen molar-refractivity contribution in [1.29, 1.82) is 0 Å². The highest BCUT2D eigenvalue weighted by atomic mass is 79.9. The van der Waals surface area contributed by atoms with Crippen LogP contribution >= 0.6 is 27.3 Å². The van der Waals surface area contributed by atoms with Crippen LogP contribution in [0.3, 0.4) is 0 Å². The minimum absolute atomic E-state index is 0.202. The van der Waals surface area contributed by atoms with Crippen LogP contribution in [-0.2, 0) is 0 Å². The van der Waals surface area contributed by atoms with E-state index in [1.807, 2.05) is 12.4 Å². The molecule has 0 aliphatic heterocycles. The molecule has 0 bridgehead atoms. The first-order valence-corrected chi connectivity index (χ1v) is 6.87. The number of likely N-dealkylation sites (N-methyl/N-ethyl adjacent to an activating group) is 1. The predicted molar refractivity (Wildman–Crippen MR) is 66.5 cm³/mol. The molecule has 0 amide bonds. The Kier molecular flexibility index (Phi) is 3.64. The summed E-state index contributed by atoms with van der Waals surface area (Å²) in [5.74, 6) is 0. The van der Waals surface area contributed by atoms with Crippen molar-refractivity contribution in [3.63, 3.8) is 0 Å². The highest BCUT2D eigenvalue weighted by molar-refractivity contribution is 9.10. The third-order valence-corrected chi connectivity index (χ3v) is 4.60. The Labute approximate surface area is 102 Å². The summed E-state index contributed by atoms with van der Waals surface area (Å²) in [6, 6.07) is 0.233. The Morgan fingerprint density at radius 3 is 2.87 bits per heavy atom. The van der Waals surface area contributed by atoms with Gasteiger partial charge in [0, 0.05) is 12.4 Å². The van der Waals surface area contributed by atoms with Gasteiger partial charge in [0.25, 0.3) is 0 Å². The molecule has 1 saturated carbocycles. The topological polar surface area (TPSA) is 36.4 Å². The lowest BCUT2D eigenvalue weighted by molar-refractivity contribution is 0.106. The lowest BCUT2D eigenvalue weighted by Crippen LogP contribution is -2.43. The average Bonchev–Trinajstić information content (AvgIpc) is 2.65. The Morgan fingerprint density at radius 1 is 1.53 bits per heavy atom. The standard InChI is InChI=1S/C10H15BrN2OS/c1-13(10-12-9(11)6-15-10)7-4-2-3-5-8(7)14/h6-8,14H,2-5H2,1H3. The Hall–Kier alpha value is -0.130. The van der Waals surface area contributed by atoms with Crippen molar-refractivity contribution in [1.82, 2.24) is 4.98 Å². The van der Waals surface area contributed by atoms with Crippen molar-refractivity contribution in [2.45, 2.75) is 37.8 Å². The summed E-state index contributed by atoms with van der Waals surface area (Å²) in [4.78, 5) is 6.48. The number of halogens is 1. The molecule has 0 radical (unpaired) electrons. The molecule has 15 heavy (non-hydrogen) atoms. The summed E-state index contributed by atoms with van der Waals surface area (Å²) in [7, 11) is 2.02. The van der Waals surface area contributed by atoms with E-state index in [4.69, 9.17) is 0 Å². The Balaban J connectivity index is 2.09. The van der Waals surface area contributed by atoms with Gasteiger partial charge in [-0.2, -0.15) is 0 Å². The van der Waals surface area contributed by atoms with Gasteiger partial charge in [0.2, 0.25) is 0 Å². The summed E-state index contributed by atoms with van der Waals surface area (Å²) in [6.07, 6.45) is 4.13. The maximum Gasteiger partial charge on any atom is 0.186 e. The quantitative estimate of drug-likeness (QED) is 0.910. The lowest BCUT2D eigenvalue weighted by atomic mass is 9.92. The van der Waals surface area contributed by atoms with E-state index in [-0.39, 0.29) is 12.1 Å². The first-order chi connectivity index (χ1) is 7.18. The van der Waals surface area contributed by atoms with Crippen molar-refractivity contribution in [2.75, 3.05) is 11.9 Å². The van der Waals surface area contributed by atoms with E-state index in [9.17, 15) is 5.11 Å². The largest absolute Gasteiger partial charge is 0.391 e. The van der Waals surface area contributed by atoms with Gasteiger partial charge in [-0.15, -0.1) is 11.3 Å². The van der Waals surface area contributed by atoms with Crippen LogP contribution in [0, 0.1) is 0 Å². The number of rotatable bonds is 2. The third kappa shape index (κ3) is 2.52. The molecule has 1 aromatic heterocycles. The molecule has 0 aromatic carbocycles. The fourth-order valence-corrected chi connectivity index (χ4v) is 3.37. The van der Waals surface area contributed by atoms with Gasteiger partial charge in [-0.25, -0.2) is 4.98 Å². The molecule has 2 atom stereocenters. The third-order valence-electron chi connectivity index (χ3n) is 2.96. The van der Waals surface area contributed by atoms with Gasteiger partial charge in [-0.3, -0.25) is 0 Å². The highest BCUT2D eigenvalue weighted by Crippen LogP contribution is 2.29. The molecule has 2 unspecified atom stereocenters. The van der Waals surface area contributed by atoms with Gasteiger partial charge >= 0.3 is 0 Å². The van der Waals surface area contributed by atoms with Crippen molar-refractivity contribution in [2.24, 2.45) is 0 Å². The van der Waals surface area contributed by atoms with E-state index in [1.54, 1.807) is 11.3 Å². The number of aliphatic hydroxyl groups is 1. The van der Waals surface area contributed by atoms with E-state index in [2.05, 4.69) is 25.8 Å². The molecule has 1 aliphatic rings. The van der Waals surface area contributed by atoms with Crippen molar-refractivity contribution < 1.29 is 5.11 Å². The zero-order valence-electron chi connectivity index (χ0n) is 8.69. The fraction of sp³-hybridized carbons (Fsp3) is 0.700. The minimum Gasteiger partial charge on any atom is -0.391 e. The molecule has 1 aliphatic carbocycles. The summed E-state index contributed by atoms with van der Waals surface area (Å²) in [5.41, 5.74) is 0. The molecule has 84 valence electrons. The molecule has 2 rings (SSSR count). The molecular weight excluding hydrogens is 276 g/mol. The SMILES string of the molecule is CN(c1nc(Br)cs1)C1CCCCC1O. The monoisotopic (exact) mass is 290 g/mol. The zero-order valence-corrected chi connectivity index (χ0v) is 11.1. The second kappa shape index (κ2) is 4.80. The van der Waals surface area contributed by atoms with Gasteiger partial charge in [-0.05, 0) is 28.8 Å². The maximum atomic E-state index is 9.93. The number of nitrogens with zero attached hydrogens (tertiary/aromatic N) is 2. The zero-order chi connectivity index (χ0) is 10.8. The first-order valence-electron chi connectivity index (χ1n) is 5.20. The molecular formula is C10H15BrN2OS. The summed E-state index contributed by atoms with van der Waals surface area (Å²) in [6.45, 7) is 0. The fourth-order valence-electron chi connectivity index (χ4n) is 2.09. The summed E-state index contributed by atoms with van der Waals surface area (Å²) in [5, 5.41) is 12.9. The normalized spacial score (nSPS) is 26.6. The van der Waals surface area contributed by atoms with Crippen molar-refractivity contribution in [3.05, 3.63) is 9.98 Å². The molecule has 1 fully saturated rings. The maximum absolute atomic E-state index is 9.93. The Morgan fingerprint density at radius 2 is 2.27 bits per heavy atom. The van der Waals surface area contributed by atoms with Gasteiger partial charge in [0.1, 0.15) is 4.60 Å². The molecule has 0 spiro atoms. The smallest absolute Gasteiger partial charge is 0.186 e. The lowest BCUT2D eigenvalue weighted by Gasteiger charge is -2.34. The van der Waals surface area contributed by atoms with E-state index in [0.29, 0.717) is 0 Å². The number of thiazole rings is 1. The van der Waals surface area contributed by atoms with Gasteiger partial charge < -0.3 is 10.0 Å². The predicted octanol–water partition coefficient (Wildman–Crippen LogP) is 2.65. The number of hydrogen-bond donors (Lipinski definition) is 1. The van der Waals surface area contributed by atoms with Crippen molar-refractivity contribution >= 4 is 32.4 Å². The number of anilines is 1. The summed E-state index contributed by atoms with van der Waals surface area (Å²) < 4.78 is 0.875. The first kappa shape index (κ1) is 11.4. The molecule has 1 N–H and O–H groups in total. The van der Waals surface area contributed by atoms with Crippen LogP contribution in [-0.4, -0.2) is 29.3 Å². The highest BCUT2D eigenvalue weighted by Gasteiger charge is 2.27. The van der Waals surface area contributed by atoms with Crippen LogP contribution in [0.2, 0.25) is 0 Å². The van der Waals surface area contributed by atoms with Crippen LogP contribution in [0.4, 0.5) is 5.13 Å². The molecule has 3 nitrogen and oxygen atoms in total. The van der Waals surface area contributed by atoms with Crippen LogP contribution < -0.4 is 4.90 Å². The van der Waals surface area contributed by atoms with Gasteiger partial charge in [-0.1, -0.05) is 12.8 Å². The molecule has 1 aromatic rings. The minimum atomic E-state index is -0.202. The van der Waals surface area contributed by atoms with Crippen LogP contribution in [0.5, 0.6) is 0 Å². The van der Waals surface area contributed by atoms with E-state index in [1.165, 1.54) is 6.42 Å². The number of aliphatic hydroxyl groups excluding tert-OH is 1. The van der Waals surface area contributed by atoms with Crippen molar-refractivity contribution in [3.8, 4) is 0 Å². The second-order valence-corrected chi connectivity index (χ2v) is 5.63. The second-order valence-electron chi connectivity index (χ2n) is 3.98. The van der Waals surface area contributed by atoms with Crippen LogP contribution in [0.15, 0.2) is 9.98 Å². The number of hydrogen-bond acceptors (Lipinski definition) is 4. The van der Waals surface area contributed by atoms with Gasteiger partial charge in [0.15, 0.2) is 5.13 Å². The summed E-state index contributed by atoms with van der Waals surface area (Å²) >= 11 is 4.96. The molecule has 1 heterocycles. The van der Waals surface area contributed by atoms with Crippen LogP contribution in [0.1, 0.15) is 25.7 Å². The van der Waals surface area contributed by atoms with E-state index in [0.717, 1.165) is 29.0 Å². The van der Waals surface area contributed by atoms with Crippen LogP contribution in [0.25, 0.3) is 0 Å². The van der Waals surface area contributed by atoms with Gasteiger partial charge in [0.05, 0.1) is 12.1 Å². The van der Waals surface area contributed by atoms with E-state index >= 15 is 0 Å². The molecule has 5 heteroatoms. The Bertz CT molecular complexity index is 331. The average molecular weight is 291 g/mol. The number of aromatic nitrogens is 1.